The molecule has 11 nitrogen and oxygen atoms in total. The molecular formula is C46H63N3O8. The van der Waals surface area contributed by atoms with Crippen LogP contribution in [-0.4, -0.2) is 109 Å². The smallest absolute Gasteiger partial charge is 0.328 e. The largest absolute Gasteiger partial charge is 0.508 e. The molecule has 310 valence electrons. The number of nitrogens with zero attached hydrogens (tertiary/aromatic N) is 3. The minimum Gasteiger partial charge on any atom is -0.508 e. The Hall–Kier alpha value is -5.03. The Morgan fingerprint density at radius 2 is 1.07 bits per heavy atom. The predicted octanol–water partition coefficient (Wildman–Crippen LogP) is 5.98. The number of ketones is 1. The summed E-state index contributed by atoms with van der Waals surface area (Å²) in [7, 11) is 7.92. The fourth-order valence-electron chi connectivity index (χ4n) is 6.79. The Morgan fingerprint density at radius 3 is 1.51 bits per heavy atom. The molecule has 3 rings (SSSR count). The number of ether oxygens (including phenoxy) is 2. The van der Waals surface area contributed by atoms with E-state index in [0.717, 1.165) is 22.3 Å². The van der Waals surface area contributed by atoms with Crippen molar-refractivity contribution in [2.75, 3.05) is 35.3 Å². The topological polar surface area (TPSA) is 134 Å². The number of phenols is 1. The monoisotopic (exact) mass is 785 g/mol. The zero-order valence-corrected chi connectivity index (χ0v) is 35.7. The van der Waals surface area contributed by atoms with E-state index in [2.05, 4.69) is 0 Å². The van der Waals surface area contributed by atoms with Crippen LogP contribution in [0.1, 0.15) is 68.4 Å². The summed E-state index contributed by atoms with van der Waals surface area (Å²) in [5, 5.41) is 9.95. The molecule has 6 atom stereocenters. The number of rotatable bonds is 20. The number of esters is 2. The first-order valence-electron chi connectivity index (χ1n) is 19.8. The number of benzene rings is 3. The molecule has 0 saturated heterocycles. The van der Waals surface area contributed by atoms with Gasteiger partial charge in [0.05, 0.1) is 7.11 Å². The number of phenolic OH excluding ortho intramolecular Hbond substituents is 1. The maximum absolute atomic E-state index is 14.6. The summed E-state index contributed by atoms with van der Waals surface area (Å²) in [4.78, 5) is 74.7. The van der Waals surface area contributed by atoms with Crippen LogP contribution in [0.15, 0.2) is 72.8 Å². The van der Waals surface area contributed by atoms with Gasteiger partial charge in [-0.2, -0.15) is 0 Å². The van der Waals surface area contributed by atoms with Crippen molar-refractivity contribution < 1.29 is 38.6 Å². The summed E-state index contributed by atoms with van der Waals surface area (Å²) in [5.41, 5.74) is 4.63. The minimum atomic E-state index is -1.08. The fraction of sp³-hybridized carbons (Fsp3) is 0.500. The van der Waals surface area contributed by atoms with Crippen molar-refractivity contribution in [3.05, 3.63) is 101 Å². The number of carbonyl (C=O) groups is 5. The molecule has 3 aromatic carbocycles. The summed E-state index contributed by atoms with van der Waals surface area (Å²) < 4.78 is 11.2. The molecule has 0 fully saturated rings. The van der Waals surface area contributed by atoms with E-state index < -0.39 is 53.9 Å². The van der Waals surface area contributed by atoms with Gasteiger partial charge < -0.3 is 24.4 Å². The highest BCUT2D eigenvalue weighted by molar-refractivity contribution is 5.94. The van der Waals surface area contributed by atoms with Crippen molar-refractivity contribution in [3.63, 3.8) is 0 Å². The molecule has 0 bridgehead atoms. The zero-order chi connectivity index (χ0) is 42.6. The second kappa shape index (κ2) is 21.5. The van der Waals surface area contributed by atoms with Crippen molar-refractivity contribution in [3.8, 4) is 5.75 Å². The molecule has 1 N–H and O–H groups in total. The summed E-state index contributed by atoms with van der Waals surface area (Å²) in [5.74, 6) is -3.85. The van der Waals surface area contributed by atoms with E-state index in [0.29, 0.717) is 18.4 Å². The van der Waals surface area contributed by atoms with Crippen LogP contribution in [-0.2, 0) is 52.7 Å². The quantitative estimate of drug-likeness (QED) is 0.137. The van der Waals surface area contributed by atoms with E-state index in [1.807, 2.05) is 90.1 Å². The van der Waals surface area contributed by atoms with Gasteiger partial charge in [0.2, 0.25) is 11.8 Å². The molecule has 11 heteroatoms. The molecule has 2 amide bonds. The highest BCUT2D eigenvalue weighted by atomic mass is 16.5. The number of aromatic hydroxyl groups is 1. The lowest BCUT2D eigenvalue weighted by Gasteiger charge is -2.36. The molecule has 0 aliphatic carbocycles. The van der Waals surface area contributed by atoms with E-state index in [1.165, 1.54) is 43.1 Å². The number of likely N-dealkylation sites (N-methyl/N-ethyl adjacent to an activating group) is 3. The number of hydrogen-bond donors (Lipinski definition) is 1. The summed E-state index contributed by atoms with van der Waals surface area (Å²) in [6, 6.07) is 19.2. The Labute approximate surface area is 339 Å². The lowest BCUT2D eigenvalue weighted by Crippen LogP contribution is -2.55. The second-order valence-corrected chi connectivity index (χ2v) is 15.9. The SMILES string of the molecule is CC[C@H](C)[C@@H](OC(=O)[C@@H](Cc1ccc(C)cc1)N(C)C)C(=O)C[C@H](C(=O)N(C)[C@H](Cc1ccc(O)cc1)C(=O)N(C)[C@H](Cc1ccc(C)cc1)C(=O)OC)C(C)C. The van der Waals surface area contributed by atoms with Crippen LogP contribution in [0.4, 0.5) is 0 Å². The lowest BCUT2D eigenvalue weighted by atomic mass is 9.85. The van der Waals surface area contributed by atoms with Gasteiger partial charge in [-0.3, -0.25) is 24.1 Å². The van der Waals surface area contributed by atoms with Gasteiger partial charge in [-0.25, -0.2) is 4.79 Å². The van der Waals surface area contributed by atoms with Gasteiger partial charge in [0.25, 0.3) is 0 Å². The van der Waals surface area contributed by atoms with Crippen LogP contribution in [0.25, 0.3) is 0 Å². The van der Waals surface area contributed by atoms with E-state index in [9.17, 15) is 29.1 Å². The third-order valence-electron chi connectivity index (χ3n) is 11.0. The van der Waals surface area contributed by atoms with Gasteiger partial charge in [-0.1, -0.05) is 99.5 Å². The lowest BCUT2D eigenvalue weighted by molar-refractivity contribution is -0.163. The van der Waals surface area contributed by atoms with Gasteiger partial charge in [0.1, 0.15) is 23.9 Å². The molecular weight excluding hydrogens is 723 g/mol. The van der Waals surface area contributed by atoms with Crippen LogP contribution in [0, 0.1) is 31.6 Å². The molecule has 3 aromatic rings. The van der Waals surface area contributed by atoms with Crippen molar-refractivity contribution >= 4 is 29.5 Å². The zero-order valence-electron chi connectivity index (χ0n) is 35.7. The van der Waals surface area contributed by atoms with E-state index in [-0.39, 0.29) is 42.6 Å². The number of carbonyl (C=O) groups excluding carboxylic acids is 5. The van der Waals surface area contributed by atoms with Gasteiger partial charge in [-0.05, 0) is 75.5 Å². The number of methoxy groups -OCH3 is 1. The standard InChI is InChI=1S/C46H63N3O8/c1-12-32(6)42(57-46(55)39(47(7)8)26-33-17-13-30(4)14-18-33)41(51)28-37(29(2)3)43(52)48(9)38(25-35-21-23-36(50)24-22-35)44(53)49(10)40(45(54)56-11)27-34-19-15-31(5)16-20-34/h13-24,29,32,37-40,42,50H,12,25-28H2,1-11H3/t32-,37-,38+,39+,40+,42+/m0/s1. The van der Waals surface area contributed by atoms with E-state index >= 15 is 0 Å². The first-order valence-corrected chi connectivity index (χ1v) is 19.8. The molecule has 0 unspecified atom stereocenters. The Kier molecular flexibility index (Phi) is 17.5. The van der Waals surface area contributed by atoms with Crippen LogP contribution < -0.4 is 0 Å². The van der Waals surface area contributed by atoms with E-state index in [1.54, 1.807) is 31.1 Å². The molecule has 0 radical (unpaired) electrons. The number of amides is 2. The highest BCUT2D eigenvalue weighted by Gasteiger charge is 2.40. The number of aryl methyl sites for hydroxylation is 2. The average molecular weight is 786 g/mol. The maximum atomic E-state index is 14.6. The predicted molar refractivity (Wildman–Crippen MR) is 221 cm³/mol. The minimum absolute atomic E-state index is 0.0500. The molecule has 0 aliphatic heterocycles. The molecule has 0 saturated carbocycles. The third kappa shape index (κ3) is 13.0. The van der Waals surface area contributed by atoms with Crippen LogP contribution >= 0.6 is 0 Å². The maximum Gasteiger partial charge on any atom is 0.328 e. The van der Waals surface area contributed by atoms with Gasteiger partial charge in [0.15, 0.2) is 11.9 Å². The Bertz CT molecular complexity index is 1790. The normalized spacial score (nSPS) is 14.5. The molecule has 0 heterocycles. The highest BCUT2D eigenvalue weighted by Crippen LogP contribution is 2.26. The van der Waals surface area contributed by atoms with Crippen LogP contribution in [0.5, 0.6) is 5.75 Å². The summed E-state index contributed by atoms with van der Waals surface area (Å²) in [6.07, 6.45) is -0.0562. The van der Waals surface area contributed by atoms with Crippen molar-refractivity contribution in [2.45, 2.75) is 97.9 Å². The van der Waals surface area contributed by atoms with Gasteiger partial charge >= 0.3 is 11.9 Å². The van der Waals surface area contributed by atoms with Gasteiger partial charge in [-0.15, -0.1) is 0 Å². The van der Waals surface area contributed by atoms with Crippen LogP contribution in [0.3, 0.4) is 0 Å². The van der Waals surface area contributed by atoms with Crippen molar-refractivity contribution in [1.82, 2.24) is 14.7 Å². The fourth-order valence-corrected chi connectivity index (χ4v) is 6.79. The molecule has 57 heavy (non-hydrogen) atoms. The number of hydrogen-bond acceptors (Lipinski definition) is 9. The summed E-state index contributed by atoms with van der Waals surface area (Å²) >= 11 is 0. The third-order valence-corrected chi connectivity index (χ3v) is 11.0. The van der Waals surface area contributed by atoms with Crippen LogP contribution in [0.2, 0.25) is 0 Å². The van der Waals surface area contributed by atoms with Gasteiger partial charge in [0, 0.05) is 45.2 Å². The van der Waals surface area contributed by atoms with Crippen molar-refractivity contribution in [2.24, 2.45) is 17.8 Å². The molecule has 0 spiro atoms. The average Bonchev–Trinajstić information content (AvgIpc) is 3.19. The number of Topliss-reactive ketones (excluding diaryl/α,β-unsaturated/α-hetero) is 1. The van der Waals surface area contributed by atoms with Crippen molar-refractivity contribution in [1.29, 1.82) is 0 Å². The Morgan fingerprint density at radius 1 is 0.632 bits per heavy atom. The van der Waals surface area contributed by atoms with E-state index in [4.69, 9.17) is 9.47 Å². The first-order chi connectivity index (χ1) is 26.9. The first kappa shape index (κ1) is 46.4. The second-order valence-electron chi connectivity index (χ2n) is 15.9. The molecule has 0 aromatic heterocycles. The summed E-state index contributed by atoms with van der Waals surface area (Å²) in [6.45, 7) is 11.4. The Balaban J connectivity index is 1.93. The molecule has 0 aliphatic rings.